The quantitative estimate of drug-likeness (QED) is 0.195. The third-order valence-electron chi connectivity index (χ3n) is 3.91. The number of nitrogens with two attached hydrogens (primary N) is 1. The number of carboxylic acid groups (broad SMARTS) is 1. The van der Waals surface area contributed by atoms with E-state index in [1.807, 2.05) is 13.8 Å². The van der Waals surface area contributed by atoms with Crippen LogP contribution < -0.4 is 21.7 Å². The molecule has 0 spiro atoms. The molecule has 12 nitrogen and oxygen atoms in total. The molecular formula is C17H28N6O6. The highest BCUT2D eigenvalue weighted by atomic mass is 16.4. The molecule has 1 heterocycles. The first-order valence-corrected chi connectivity index (χ1v) is 9.08. The molecule has 0 fully saturated rings. The van der Waals surface area contributed by atoms with Crippen LogP contribution in [0.3, 0.4) is 0 Å². The Kier molecular flexibility index (Phi) is 9.75. The van der Waals surface area contributed by atoms with Gasteiger partial charge in [-0.2, -0.15) is 0 Å². The predicted octanol–water partition coefficient (Wildman–Crippen LogP) is -2.51. The molecule has 3 amide bonds. The van der Waals surface area contributed by atoms with Crippen LogP contribution in [-0.2, 0) is 25.6 Å². The zero-order valence-corrected chi connectivity index (χ0v) is 16.3. The Morgan fingerprint density at radius 3 is 2.38 bits per heavy atom. The average Bonchev–Trinajstić information content (AvgIpc) is 3.15. The maximum atomic E-state index is 12.1. The number of aliphatic hydroxyl groups excluding tert-OH is 1. The molecule has 0 bridgehead atoms. The van der Waals surface area contributed by atoms with E-state index in [1.54, 1.807) is 0 Å². The normalized spacial score (nSPS) is 14.0. The number of nitrogens with one attached hydrogen (secondary N) is 4. The number of carboxylic acids is 1. The fourth-order valence-corrected chi connectivity index (χ4v) is 2.44. The van der Waals surface area contributed by atoms with Crippen molar-refractivity contribution in [3.63, 3.8) is 0 Å². The largest absolute Gasteiger partial charge is 0.480 e. The van der Waals surface area contributed by atoms with E-state index in [1.165, 1.54) is 12.5 Å². The van der Waals surface area contributed by atoms with Gasteiger partial charge in [-0.3, -0.25) is 14.4 Å². The van der Waals surface area contributed by atoms with Gasteiger partial charge in [0.2, 0.25) is 17.7 Å². The van der Waals surface area contributed by atoms with E-state index in [2.05, 4.69) is 25.9 Å². The Bertz CT molecular complexity index is 693. The molecule has 0 aliphatic rings. The first kappa shape index (κ1) is 24.0. The van der Waals surface area contributed by atoms with E-state index in [0.29, 0.717) is 12.1 Å². The molecule has 1 aromatic rings. The Hall–Kier alpha value is -2.99. The summed E-state index contributed by atoms with van der Waals surface area (Å²) in [5.74, 6) is -3.22. The lowest BCUT2D eigenvalue weighted by molar-refractivity contribution is -0.141. The zero-order chi connectivity index (χ0) is 22.0. The van der Waals surface area contributed by atoms with Gasteiger partial charge < -0.3 is 36.9 Å². The second kappa shape index (κ2) is 11.8. The highest BCUT2D eigenvalue weighted by Gasteiger charge is 2.25. The van der Waals surface area contributed by atoms with Crippen molar-refractivity contribution in [3.8, 4) is 0 Å². The van der Waals surface area contributed by atoms with Crippen molar-refractivity contribution < 1.29 is 29.4 Å². The topological polar surface area (TPSA) is 200 Å². The number of hydrogen-bond acceptors (Lipinski definition) is 7. The number of aromatic nitrogens is 2. The van der Waals surface area contributed by atoms with E-state index in [-0.39, 0.29) is 12.3 Å². The standard InChI is InChI=1S/C17H28N6O6/c1-9(2)3-11(18)15(26)23-13(7-24)16(27)20-6-14(25)22-12(17(28)29)4-10-5-19-8-21-10/h5,8-9,11-13,24H,3-4,6-7,18H2,1-2H3,(H,19,21)(H,20,27)(H,22,25)(H,23,26)(H,28,29). The molecule has 12 heteroatoms. The van der Waals surface area contributed by atoms with Crippen molar-refractivity contribution in [2.24, 2.45) is 11.7 Å². The van der Waals surface area contributed by atoms with Crippen LogP contribution in [0.2, 0.25) is 0 Å². The van der Waals surface area contributed by atoms with Crippen molar-refractivity contribution in [1.29, 1.82) is 0 Å². The first-order valence-electron chi connectivity index (χ1n) is 9.08. The van der Waals surface area contributed by atoms with Gasteiger partial charge in [0, 0.05) is 18.3 Å². The fourth-order valence-electron chi connectivity index (χ4n) is 2.44. The van der Waals surface area contributed by atoms with Gasteiger partial charge in [-0.25, -0.2) is 9.78 Å². The van der Waals surface area contributed by atoms with Crippen LogP contribution in [0.5, 0.6) is 0 Å². The lowest BCUT2D eigenvalue weighted by Crippen LogP contribution is -2.55. The smallest absolute Gasteiger partial charge is 0.326 e. The number of hydrogen-bond donors (Lipinski definition) is 7. The molecular weight excluding hydrogens is 384 g/mol. The molecule has 0 saturated carbocycles. The second-order valence-electron chi connectivity index (χ2n) is 6.94. The molecule has 0 aliphatic carbocycles. The summed E-state index contributed by atoms with van der Waals surface area (Å²) in [4.78, 5) is 53.8. The number of imidazole rings is 1. The van der Waals surface area contributed by atoms with Crippen molar-refractivity contribution in [1.82, 2.24) is 25.9 Å². The fraction of sp³-hybridized carbons (Fsp3) is 0.588. The van der Waals surface area contributed by atoms with E-state index in [0.717, 1.165) is 0 Å². The van der Waals surface area contributed by atoms with Crippen LogP contribution >= 0.6 is 0 Å². The molecule has 3 unspecified atom stereocenters. The number of carbonyl (C=O) groups is 4. The summed E-state index contributed by atoms with van der Waals surface area (Å²) in [5.41, 5.74) is 6.25. The maximum absolute atomic E-state index is 12.1. The van der Waals surface area contributed by atoms with Gasteiger partial charge in [-0.15, -0.1) is 0 Å². The third kappa shape index (κ3) is 8.70. The van der Waals surface area contributed by atoms with Crippen LogP contribution in [0, 0.1) is 5.92 Å². The van der Waals surface area contributed by atoms with Gasteiger partial charge in [0.05, 0.1) is 25.5 Å². The number of rotatable bonds is 12. The number of H-pyrrole nitrogens is 1. The number of carbonyl (C=O) groups excluding carboxylic acids is 3. The first-order chi connectivity index (χ1) is 13.6. The Morgan fingerprint density at radius 1 is 1.17 bits per heavy atom. The molecule has 0 aromatic carbocycles. The summed E-state index contributed by atoms with van der Waals surface area (Å²) < 4.78 is 0. The molecule has 162 valence electrons. The number of nitrogens with zero attached hydrogens (tertiary/aromatic N) is 1. The highest BCUT2D eigenvalue weighted by molar-refractivity contribution is 5.92. The van der Waals surface area contributed by atoms with E-state index < -0.39 is 55.0 Å². The molecule has 8 N–H and O–H groups in total. The number of aliphatic hydroxyl groups is 1. The molecule has 1 aromatic heterocycles. The van der Waals surface area contributed by atoms with Gasteiger partial charge in [-0.1, -0.05) is 13.8 Å². The summed E-state index contributed by atoms with van der Waals surface area (Å²) >= 11 is 0. The molecule has 29 heavy (non-hydrogen) atoms. The van der Waals surface area contributed by atoms with Gasteiger partial charge in [-0.05, 0) is 12.3 Å². The number of aromatic amines is 1. The van der Waals surface area contributed by atoms with Crippen LogP contribution in [0.25, 0.3) is 0 Å². The molecule has 0 aliphatic heterocycles. The van der Waals surface area contributed by atoms with Crippen molar-refractivity contribution in [3.05, 3.63) is 18.2 Å². The van der Waals surface area contributed by atoms with Crippen LogP contribution in [0.15, 0.2) is 12.5 Å². The van der Waals surface area contributed by atoms with Gasteiger partial charge in [0.25, 0.3) is 0 Å². The summed E-state index contributed by atoms with van der Waals surface area (Å²) in [7, 11) is 0. The van der Waals surface area contributed by atoms with Gasteiger partial charge in [0.15, 0.2) is 0 Å². The molecule has 0 saturated heterocycles. The van der Waals surface area contributed by atoms with Crippen molar-refractivity contribution in [2.45, 2.75) is 44.8 Å². The Balaban J connectivity index is 2.51. The zero-order valence-electron chi connectivity index (χ0n) is 16.3. The van der Waals surface area contributed by atoms with Gasteiger partial charge >= 0.3 is 5.97 Å². The Labute approximate surface area is 167 Å². The van der Waals surface area contributed by atoms with Crippen molar-refractivity contribution >= 4 is 23.7 Å². The molecule has 3 atom stereocenters. The average molecular weight is 412 g/mol. The predicted molar refractivity (Wildman–Crippen MR) is 101 cm³/mol. The monoisotopic (exact) mass is 412 g/mol. The molecule has 0 radical (unpaired) electrons. The summed E-state index contributed by atoms with van der Waals surface area (Å²) in [6.07, 6.45) is 3.20. The summed E-state index contributed by atoms with van der Waals surface area (Å²) in [6.45, 7) is 2.55. The minimum atomic E-state index is -1.28. The van der Waals surface area contributed by atoms with Crippen LogP contribution in [0.1, 0.15) is 26.0 Å². The van der Waals surface area contributed by atoms with Gasteiger partial charge in [0.1, 0.15) is 12.1 Å². The minimum absolute atomic E-state index is 0.0158. The van der Waals surface area contributed by atoms with Crippen LogP contribution in [0.4, 0.5) is 0 Å². The lowest BCUT2D eigenvalue weighted by Gasteiger charge is -2.20. The van der Waals surface area contributed by atoms with E-state index >= 15 is 0 Å². The number of aliphatic carboxylic acids is 1. The summed E-state index contributed by atoms with van der Waals surface area (Å²) in [6, 6.07) is -3.34. The maximum Gasteiger partial charge on any atom is 0.326 e. The SMILES string of the molecule is CC(C)CC(N)C(=O)NC(CO)C(=O)NCC(=O)NC(Cc1cnc[nH]1)C(=O)O. The van der Waals surface area contributed by atoms with Crippen molar-refractivity contribution in [2.75, 3.05) is 13.2 Å². The van der Waals surface area contributed by atoms with E-state index in [9.17, 15) is 29.4 Å². The summed E-state index contributed by atoms with van der Waals surface area (Å²) in [5, 5.41) is 25.4. The highest BCUT2D eigenvalue weighted by Crippen LogP contribution is 2.03. The number of amides is 3. The Morgan fingerprint density at radius 2 is 1.86 bits per heavy atom. The van der Waals surface area contributed by atoms with Crippen LogP contribution in [-0.4, -0.2) is 75.1 Å². The minimum Gasteiger partial charge on any atom is -0.480 e. The molecule has 1 rings (SSSR count). The van der Waals surface area contributed by atoms with E-state index in [4.69, 9.17) is 5.73 Å². The lowest BCUT2D eigenvalue weighted by atomic mass is 10.0. The third-order valence-corrected chi connectivity index (χ3v) is 3.91. The second-order valence-corrected chi connectivity index (χ2v) is 6.94.